The largest absolute Gasteiger partial charge is 0.441 e. The van der Waals surface area contributed by atoms with Crippen LogP contribution in [0.3, 0.4) is 0 Å². The van der Waals surface area contributed by atoms with E-state index >= 15 is 0 Å². The van der Waals surface area contributed by atoms with Gasteiger partial charge in [0.05, 0.1) is 12.1 Å². The number of nitrogens with one attached hydrogen (secondary N) is 2. The predicted octanol–water partition coefficient (Wildman–Crippen LogP) is 4.12. The molecule has 0 unspecified atom stereocenters. The summed E-state index contributed by atoms with van der Waals surface area (Å²) in [6.07, 6.45) is -4.57. The Morgan fingerprint density at radius 3 is 2.50 bits per heavy atom. The van der Waals surface area contributed by atoms with E-state index in [0.717, 1.165) is 5.56 Å². The zero-order chi connectivity index (χ0) is 21.7. The highest BCUT2D eigenvalue weighted by atomic mass is 19.4. The SMILES string of the molecule is Cc1oc(-c2ccccc2)nc1CC(=O)Nc1cccc(C(=O)NCC(F)(F)F)c1. The van der Waals surface area contributed by atoms with Gasteiger partial charge >= 0.3 is 6.18 Å². The third-order valence-corrected chi connectivity index (χ3v) is 4.10. The Bertz CT molecular complexity index is 1050. The zero-order valence-electron chi connectivity index (χ0n) is 15.9. The average Bonchev–Trinajstić information content (AvgIpc) is 3.06. The lowest BCUT2D eigenvalue weighted by Gasteiger charge is -2.10. The third-order valence-electron chi connectivity index (χ3n) is 4.10. The summed E-state index contributed by atoms with van der Waals surface area (Å²) in [6.45, 7) is 0.269. The van der Waals surface area contributed by atoms with Crippen LogP contribution in [0.1, 0.15) is 21.8 Å². The summed E-state index contributed by atoms with van der Waals surface area (Å²) in [7, 11) is 0. The van der Waals surface area contributed by atoms with Crippen molar-refractivity contribution >= 4 is 17.5 Å². The van der Waals surface area contributed by atoms with Crippen LogP contribution in [0.25, 0.3) is 11.5 Å². The lowest BCUT2D eigenvalue weighted by molar-refractivity contribution is -0.123. The summed E-state index contributed by atoms with van der Waals surface area (Å²) in [5, 5.41) is 4.40. The van der Waals surface area contributed by atoms with Crippen molar-refractivity contribution < 1.29 is 27.2 Å². The minimum Gasteiger partial charge on any atom is -0.441 e. The first-order valence-electron chi connectivity index (χ1n) is 8.98. The number of aromatic nitrogens is 1. The summed E-state index contributed by atoms with van der Waals surface area (Å²) in [6, 6.07) is 14.9. The Morgan fingerprint density at radius 1 is 1.07 bits per heavy atom. The van der Waals surface area contributed by atoms with Crippen LogP contribution < -0.4 is 10.6 Å². The Balaban J connectivity index is 1.64. The maximum absolute atomic E-state index is 12.4. The number of anilines is 1. The summed E-state index contributed by atoms with van der Waals surface area (Å²) < 4.78 is 42.4. The van der Waals surface area contributed by atoms with Crippen molar-refractivity contribution in [3.8, 4) is 11.5 Å². The number of rotatable bonds is 6. The Labute approximate surface area is 170 Å². The molecular formula is C21H18F3N3O3. The molecule has 9 heteroatoms. The third kappa shape index (κ3) is 5.69. The van der Waals surface area contributed by atoms with E-state index in [1.165, 1.54) is 24.3 Å². The Kier molecular flexibility index (Phi) is 6.20. The van der Waals surface area contributed by atoms with Crippen LogP contribution in [0, 0.1) is 6.92 Å². The highest BCUT2D eigenvalue weighted by Gasteiger charge is 2.28. The van der Waals surface area contributed by atoms with Crippen LogP contribution in [-0.2, 0) is 11.2 Å². The molecule has 1 heterocycles. The second kappa shape index (κ2) is 8.81. The topological polar surface area (TPSA) is 84.2 Å². The number of nitrogens with zero attached hydrogens (tertiary/aromatic N) is 1. The first kappa shape index (κ1) is 21.1. The molecule has 0 atom stereocenters. The maximum Gasteiger partial charge on any atom is 0.405 e. The van der Waals surface area contributed by atoms with Gasteiger partial charge in [-0.05, 0) is 37.3 Å². The molecule has 2 N–H and O–H groups in total. The quantitative estimate of drug-likeness (QED) is 0.632. The number of benzene rings is 2. The molecule has 2 aromatic carbocycles. The van der Waals surface area contributed by atoms with Crippen molar-refractivity contribution in [3.05, 3.63) is 71.6 Å². The van der Waals surface area contributed by atoms with Gasteiger partial charge in [-0.15, -0.1) is 0 Å². The van der Waals surface area contributed by atoms with Crippen LogP contribution in [0.15, 0.2) is 59.0 Å². The van der Waals surface area contributed by atoms with Crippen LogP contribution in [0.4, 0.5) is 18.9 Å². The molecule has 0 radical (unpaired) electrons. The van der Waals surface area contributed by atoms with E-state index in [1.807, 2.05) is 30.3 Å². The van der Waals surface area contributed by atoms with Gasteiger partial charge in [-0.2, -0.15) is 13.2 Å². The highest BCUT2D eigenvalue weighted by molar-refractivity contribution is 5.97. The van der Waals surface area contributed by atoms with Gasteiger partial charge in [0.15, 0.2) is 0 Å². The van der Waals surface area contributed by atoms with Crippen molar-refractivity contribution in [1.82, 2.24) is 10.3 Å². The molecule has 1 aromatic heterocycles. The molecule has 3 aromatic rings. The van der Waals surface area contributed by atoms with Crippen LogP contribution in [-0.4, -0.2) is 29.5 Å². The minimum atomic E-state index is -4.50. The van der Waals surface area contributed by atoms with Crippen molar-refractivity contribution in [2.75, 3.05) is 11.9 Å². The molecule has 0 aliphatic rings. The zero-order valence-corrected chi connectivity index (χ0v) is 15.9. The summed E-state index contributed by atoms with van der Waals surface area (Å²) in [5.74, 6) is -0.384. The second-order valence-electron chi connectivity index (χ2n) is 6.49. The first-order valence-corrected chi connectivity index (χ1v) is 8.98. The summed E-state index contributed by atoms with van der Waals surface area (Å²) >= 11 is 0. The summed E-state index contributed by atoms with van der Waals surface area (Å²) in [5.41, 5.74) is 1.53. The molecule has 0 aliphatic carbocycles. The van der Waals surface area contributed by atoms with E-state index in [4.69, 9.17) is 4.42 Å². The van der Waals surface area contributed by atoms with E-state index in [0.29, 0.717) is 17.3 Å². The molecule has 6 nitrogen and oxygen atoms in total. The molecule has 0 aliphatic heterocycles. The smallest absolute Gasteiger partial charge is 0.405 e. The fourth-order valence-electron chi connectivity index (χ4n) is 2.67. The maximum atomic E-state index is 12.4. The molecule has 0 fully saturated rings. The molecular weight excluding hydrogens is 399 g/mol. The number of hydrogen-bond donors (Lipinski definition) is 2. The van der Waals surface area contributed by atoms with E-state index in [9.17, 15) is 22.8 Å². The molecule has 3 rings (SSSR count). The van der Waals surface area contributed by atoms with E-state index in [2.05, 4.69) is 10.3 Å². The van der Waals surface area contributed by atoms with Gasteiger partial charge in [0.2, 0.25) is 11.8 Å². The lowest BCUT2D eigenvalue weighted by Crippen LogP contribution is -2.33. The van der Waals surface area contributed by atoms with E-state index < -0.39 is 24.5 Å². The van der Waals surface area contributed by atoms with Gasteiger partial charge < -0.3 is 15.1 Å². The monoisotopic (exact) mass is 417 g/mol. The standard InChI is InChI=1S/C21H18F3N3O3/c1-13-17(27-20(30-13)14-6-3-2-4-7-14)11-18(28)26-16-9-5-8-15(10-16)19(29)25-12-21(22,23)24/h2-10H,11-12H2,1H3,(H,25,29)(H,26,28). The molecule has 0 saturated carbocycles. The molecule has 0 saturated heterocycles. The number of halogens is 3. The van der Waals surface area contributed by atoms with Gasteiger partial charge in [-0.25, -0.2) is 4.98 Å². The molecule has 0 spiro atoms. The van der Waals surface area contributed by atoms with Crippen molar-refractivity contribution in [1.29, 1.82) is 0 Å². The van der Waals surface area contributed by atoms with Crippen LogP contribution in [0.2, 0.25) is 0 Å². The highest BCUT2D eigenvalue weighted by Crippen LogP contribution is 2.22. The van der Waals surface area contributed by atoms with Crippen molar-refractivity contribution in [2.45, 2.75) is 19.5 Å². The molecule has 2 amide bonds. The number of amides is 2. The van der Waals surface area contributed by atoms with Gasteiger partial charge in [-0.1, -0.05) is 24.3 Å². The Hall–Kier alpha value is -3.62. The van der Waals surface area contributed by atoms with E-state index in [-0.39, 0.29) is 17.7 Å². The number of carbonyl (C=O) groups excluding carboxylic acids is 2. The number of carbonyl (C=O) groups is 2. The summed E-state index contributed by atoms with van der Waals surface area (Å²) in [4.78, 5) is 28.6. The van der Waals surface area contributed by atoms with Gasteiger partial charge in [0, 0.05) is 16.8 Å². The number of aryl methyl sites for hydroxylation is 1. The lowest BCUT2D eigenvalue weighted by atomic mass is 10.1. The first-order chi connectivity index (χ1) is 14.2. The molecule has 0 bridgehead atoms. The van der Waals surface area contributed by atoms with Crippen LogP contribution in [0.5, 0.6) is 0 Å². The molecule has 156 valence electrons. The number of oxazole rings is 1. The Morgan fingerprint density at radius 2 is 1.80 bits per heavy atom. The van der Waals surface area contributed by atoms with Gasteiger partial charge in [-0.3, -0.25) is 9.59 Å². The number of hydrogen-bond acceptors (Lipinski definition) is 4. The van der Waals surface area contributed by atoms with Crippen molar-refractivity contribution in [2.24, 2.45) is 0 Å². The van der Waals surface area contributed by atoms with Gasteiger partial charge in [0.25, 0.3) is 5.91 Å². The second-order valence-corrected chi connectivity index (χ2v) is 6.49. The molecule has 30 heavy (non-hydrogen) atoms. The minimum absolute atomic E-state index is 0.000954. The fourth-order valence-corrected chi connectivity index (χ4v) is 2.67. The number of alkyl halides is 3. The normalized spacial score (nSPS) is 11.2. The van der Waals surface area contributed by atoms with Crippen molar-refractivity contribution in [3.63, 3.8) is 0 Å². The average molecular weight is 417 g/mol. The van der Waals surface area contributed by atoms with Crippen LogP contribution >= 0.6 is 0 Å². The van der Waals surface area contributed by atoms with E-state index in [1.54, 1.807) is 12.2 Å². The predicted molar refractivity (Wildman–Crippen MR) is 104 cm³/mol. The fraction of sp³-hybridized carbons (Fsp3) is 0.190. The van der Waals surface area contributed by atoms with Gasteiger partial charge in [0.1, 0.15) is 12.3 Å².